The predicted molar refractivity (Wildman–Crippen MR) is 82.4 cm³/mol. The highest BCUT2D eigenvalue weighted by Crippen LogP contribution is 2.36. The van der Waals surface area contributed by atoms with Gasteiger partial charge < -0.3 is 4.74 Å². The van der Waals surface area contributed by atoms with Gasteiger partial charge in [0.2, 0.25) is 0 Å². The topological polar surface area (TPSA) is 9.23 Å². The molecule has 2 aliphatic carbocycles. The fraction of sp³-hybridized carbons (Fsp3) is 1.00. The zero-order valence-corrected chi connectivity index (χ0v) is 13.2. The Morgan fingerprint density at radius 2 is 1.11 bits per heavy atom. The lowest BCUT2D eigenvalue weighted by Gasteiger charge is -2.32. The SMILES string of the molecule is CCCC(OC(CCC)C1CCCC1)C1CCCC1. The van der Waals surface area contributed by atoms with Crippen molar-refractivity contribution >= 4 is 0 Å². The minimum atomic E-state index is 0.574. The van der Waals surface area contributed by atoms with Crippen molar-refractivity contribution in [2.45, 2.75) is 103 Å². The van der Waals surface area contributed by atoms with Crippen LogP contribution < -0.4 is 0 Å². The first-order valence-corrected chi connectivity index (χ1v) is 9.00. The molecule has 0 saturated heterocycles. The largest absolute Gasteiger partial charge is 0.374 e. The Kier molecular flexibility index (Phi) is 6.70. The third kappa shape index (κ3) is 4.48. The van der Waals surface area contributed by atoms with Gasteiger partial charge in [0.25, 0.3) is 0 Å². The summed E-state index contributed by atoms with van der Waals surface area (Å²) in [6.07, 6.45) is 17.8. The van der Waals surface area contributed by atoms with Crippen LogP contribution in [-0.4, -0.2) is 12.2 Å². The maximum absolute atomic E-state index is 6.70. The molecule has 0 aliphatic heterocycles. The van der Waals surface area contributed by atoms with Crippen LogP contribution in [0.25, 0.3) is 0 Å². The molecule has 0 amide bonds. The Hall–Kier alpha value is -0.0400. The van der Waals surface area contributed by atoms with Crippen molar-refractivity contribution in [1.29, 1.82) is 0 Å². The van der Waals surface area contributed by atoms with E-state index in [9.17, 15) is 0 Å². The van der Waals surface area contributed by atoms with Crippen molar-refractivity contribution in [2.24, 2.45) is 11.8 Å². The first-order chi connectivity index (χ1) is 9.35. The van der Waals surface area contributed by atoms with Crippen LogP contribution in [-0.2, 0) is 4.74 Å². The van der Waals surface area contributed by atoms with Gasteiger partial charge in [-0.2, -0.15) is 0 Å². The zero-order chi connectivity index (χ0) is 13.5. The molecule has 1 nitrogen and oxygen atoms in total. The Bertz CT molecular complexity index is 202. The Balaban J connectivity index is 1.90. The lowest BCUT2D eigenvalue weighted by molar-refractivity contribution is -0.0739. The van der Waals surface area contributed by atoms with Gasteiger partial charge in [0, 0.05) is 0 Å². The number of rotatable bonds is 8. The first-order valence-electron chi connectivity index (χ1n) is 9.00. The normalized spacial score (nSPS) is 24.9. The molecule has 2 fully saturated rings. The highest BCUT2D eigenvalue weighted by Gasteiger charge is 2.31. The van der Waals surface area contributed by atoms with Crippen LogP contribution in [0.5, 0.6) is 0 Å². The molecule has 2 saturated carbocycles. The predicted octanol–water partition coefficient (Wildman–Crippen LogP) is 5.72. The molecule has 0 aromatic heterocycles. The molecule has 19 heavy (non-hydrogen) atoms. The van der Waals surface area contributed by atoms with E-state index < -0.39 is 0 Å². The quantitative estimate of drug-likeness (QED) is 0.546. The third-order valence-corrected chi connectivity index (χ3v) is 5.35. The molecule has 2 unspecified atom stereocenters. The van der Waals surface area contributed by atoms with Crippen molar-refractivity contribution in [1.82, 2.24) is 0 Å². The molecule has 112 valence electrons. The van der Waals surface area contributed by atoms with Crippen molar-refractivity contribution in [3.63, 3.8) is 0 Å². The van der Waals surface area contributed by atoms with Crippen molar-refractivity contribution in [2.75, 3.05) is 0 Å². The third-order valence-electron chi connectivity index (χ3n) is 5.35. The van der Waals surface area contributed by atoms with Crippen LogP contribution >= 0.6 is 0 Å². The second-order valence-electron chi connectivity index (χ2n) is 6.88. The lowest BCUT2D eigenvalue weighted by atomic mass is 9.93. The smallest absolute Gasteiger partial charge is 0.0607 e. The summed E-state index contributed by atoms with van der Waals surface area (Å²) in [5.74, 6) is 1.75. The second-order valence-corrected chi connectivity index (χ2v) is 6.88. The van der Waals surface area contributed by atoms with Crippen molar-refractivity contribution < 1.29 is 4.74 Å². The van der Waals surface area contributed by atoms with Gasteiger partial charge in [0.15, 0.2) is 0 Å². The van der Waals surface area contributed by atoms with E-state index in [1.165, 1.54) is 77.0 Å². The molecule has 0 N–H and O–H groups in total. The minimum Gasteiger partial charge on any atom is -0.374 e. The summed E-state index contributed by atoms with van der Waals surface area (Å²) in [4.78, 5) is 0. The number of hydrogen-bond donors (Lipinski definition) is 0. The van der Waals surface area contributed by atoms with Crippen LogP contribution in [0.3, 0.4) is 0 Å². The van der Waals surface area contributed by atoms with Crippen molar-refractivity contribution in [3.05, 3.63) is 0 Å². The average Bonchev–Trinajstić information content (AvgIpc) is 3.10. The van der Waals surface area contributed by atoms with Gasteiger partial charge in [-0.3, -0.25) is 0 Å². The van der Waals surface area contributed by atoms with E-state index in [4.69, 9.17) is 4.74 Å². The van der Waals surface area contributed by atoms with E-state index >= 15 is 0 Å². The van der Waals surface area contributed by atoms with Gasteiger partial charge >= 0.3 is 0 Å². The summed E-state index contributed by atoms with van der Waals surface area (Å²) >= 11 is 0. The molecule has 0 aromatic carbocycles. The fourth-order valence-electron chi connectivity index (χ4n) is 4.28. The summed E-state index contributed by atoms with van der Waals surface area (Å²) in [6, 6.07) is 0. The summed E-state index contributed by atoms with van der Waals surface area (Å²) in [5.41, 5.74) is 0. The Labute approximate surface area is 120 Å². The van der Waals surface area contributed by atoms with Crippen LogP contribution in [0, 0.1) is 11.8 Å². The number of ether oxygens (including phenoxy) is 1. The van der Waals surface area contributed by atoms with Gasteiger partial charge in [-0.15, -0.1) is 0 Å². The van der Waals surface area contributed by atoms with E-state index in [0.717, 1.165) is 11.8 Å². The van der Waals surface area contributed by atoms with Gasteiger partial charge in [-0.25, -0.2) is 0 Å². The molecule has 0 aromatic rings. The summed E-state index contributed by atoms with van der Waals surface area (Å²) in [6.45, 7) is 4.63. The highest BCUT2D eigenvalue weighted by molar-refractivity contribution is 4.81. The molecular weight excluding hydrogens is 232 g/mol. The molecule has 2 aliphatic rings. The van der Waals surface area contributed by atoms with E-state index in [2.05, 4.69) is 13.8 Å². The van der Waals surface area contributed by atoms with Crippen LogP contribution in [0.4, 0.5) is 0 Å². The number of hydrogen-bond acceptors (Lipinski definition) is 1. The molecular formula is C18H34O. The molecule has 2 atom stereocenters. The Morgan fingerprint density at radius 1 is 0.737 bits per heavy atom. The van der Waals surface area contributed by atoms with E-state index in [-0.39, 0.29) is 0 Å². The van der Waals surface area contributed by atoms with Gasteiger partial charge in [-0.1, -0.05) is 52.4 Å². The first kappa shape index (κ1) is 15.4. The average molecular weight is 266 g/mol. The minimum absolute atomic E-state index is 0.574. The lowest BCUT2D eigenvalue weighted by Crippen LogP contribution is -2.32. The molecule has 1 heteroatoms. The monoisotopic (exact) mass is 266 g/mol. The molecule has 0 heterocycles. The standard InChI is InChI=1S/C18H34O/c1-3-9-17(15-11-5-6-12-15)19-18(10-4-2)16-13-7-8-14-16/h15-18H,3-14H2,1-2H3. The second kappa shape index (κ2) is 8.29. The summed E-state index contributed by atoms with van der Waals surface area (Å²) in [5, 5.41) is 0. The van der Waals surface area contributed by atoms with E-state index in [1.54, 1.807) is 0 Å². The van der Waals surface area contributed by atoms with Crippen LogP contribution in [0.2, 0.25) is 0 Å². The Morgan fingerprint density at radius 3 is 1.42 bits per heavy atom. The molecule has 0 radical (unpaired) electrons. The van der Waals surface area contributed by atoms with Gasteiger partial charge in [0.1, 0.15) is 0 Å². The van der Waals surface area contributed by atoms with Gasteiger partial charge in [0.05, 0.1) is 12.2 Å². The maximum atomic E-state index is 6.70. The maximum Gasteiger partial charge on any atom is 0.0607 e. The van der Waals surface area contributed by atoms with Crippen LogP contribution in [0.1, 0.15) is 90.9 Å². The molecule has 0 spiro atoms. The van der Waals surface area contributed by atoms with Crippen molar-refractivity contribution in [3.8, 4) is 0 Å². The summed E-state index contributed by atoms with van der Waals surface area (Å²) in [7, 11) is 0. The molecule has 2 rings (SSSR count). The van der Waals surface area contributed by atoms with E-state index in [0.29, 0.717) is 12.2 Å². The fourth-order valence-corrected chi connectivity index (χ4v) is 4.28. The zero-order valence-electron chi connectivity index (χ0n) is 13.2. The molecule has 0 bridgehead atoms. The van der Waals surface area contributed by atoms with Crippen LogP contribution in [0.15, 0.2) is 0 Å². The van der Waals surface area contributed by atoms with Gasteiger partial charge in [-0.05, 0) is 50.4 Å². The highest BCUT2D eigenvalue weighted by atomic mass is 16.5. The van der Waals surface area contributed by atoms with E-state index in [1.807, 2.05) is 0 Å². The summed E-state index contributed by atoms with van der Waals surface area (Å²) < 4.78 is 6.70.